The van der Waals surface area contributed by atoms with Crippen molar-refractivity contribution in [1.29, 1.82) is 0 Å². The Morgan fingerprint density at radius 1 is 1.29 bits per heavy atom. The average molecular weight is 299 g/mol. The van der Waals surface area contributed by atoms with Crippen molar-refractivity contribution in [1.82, 2.24) is 20.1 Å². The molecule has 2 aromatic heterocycles. The standard InChI is InChI=1S/C16H15ClN4/c17-11-8-19-21(10-11)16-7-13(9-18-12-5-6-12)20-15-4-2-1-3-14(15)16/h1-4,7-8,10,12,18H,5-6,9H2. The maximum absolute atomic E-state index is 6.00. The SMILES string of the molecule is Clc1cnn(-c2cc(CNC3CC3)nc3ccccc23)c1. The van der Waals surface area contributed by atoms with Gasteiger partial charge in [-0.1, -0.05) is 29.8 Å². The van der Waals surface area contributed by atoms with Gasteiger partial charge in [0.25, 0.3) is 0 Å². The lowest BCUT2D eigenvalue weighted by molar-refractivity contribution is 0.675. The third-order valence-electron chi connectivity index (χ3n) is 3.69. The van der Waals surface area contributed by atoms with Gasteiger partial charge in [-0.15, -0.1) is 0 Å². The Kier molecular flexibility index (Phi) is 3.13. The first-order valence-electron chi connectivity index (χ1n) is 7.12. The molecule has 0 spiro atoms. The molecule has 1 aromatic carbocycles. The van der Waals surface area contributed by atoms with Crippen LogP contribution in [0.25, 0.3) is 16.6 Å². The molecule has 0 atom stereocenters. The number of hydrogen-bond donors (Lipinski definition) is 1. The van der Waals surface area contributed by atoms with E-state index in [1.807, 2.05) is 29.1 Å². The minimum Gasteiger partial charge on any atom is -0.308 e. The largest absolute Gasteiger partial charge is 0.308 e. The summed E-state index contributed by atoms with van der Waals surface area (Å²) >= 11 is 6.00. The summed E-state index contributed by atoms with van der Waals surface area (Å²) < 4.78 is 1.81. The molecule has 5 heteroatoms. The first-order valence-corrected chi connectivity index (χ1v) is 7.50. The number of pyridine rings is 1. The van der Waals surface area contributed by atoms with Crippen LogP contribution in [0.4, 0.5) is 0 Å². The fourth-order valence-electron chi connectivity index (χ4n) is 2.46. The number of hydrogen-bond acceptors (Lipinski definition) is 3. The molecule has 3 aromatic rings. The molecule has 0 radical (unpaired) electrons. The second-order valence-corrected chi connectivity index (χ2v) is 5.84. The average Bonchev–Trinajstić information content (AvgIpc) is 3.24. The highest BCUT2D eigenvalue weighted by atomic mass is 35.5. The second kappa shape index (κ2) is 5.13. The maximum atomic E-state index is 6.00. The van der Waals surface area contributed by atoms with Crippen molar-refractivity contribution in [2.75, 3.05) is 0 Å². The van der Waals surface area contributed by atoms with Crippen molar-refractivity contribution in [3.8, 4) is 5.69 Å². The summed E-state index contributed by atoms with van der Waals surface area (Å²) in [7, 11) is 0. The van der Waals surface area contributed by atoms with Crippen LogP contribution in [0.15, 0.2) is 42.7 Å². The lowest BCUT2D eigenvalue weighted by Crippen LogP contribution is -2.16. The lowest BCUT2D eigenvalue weighted by Gasteiger charge is -2.10. The van der Waals surface area contributed by atoms with Crippen LogP contribution in [0.1, 0.15) is 18.5 Å². The predicted molar refractivity (Wildman–Crippen MR) is 83.7 cm³/mol. The molecule has 2 heterocycles. The Hall–Kier alpha value is -1.91. The van der Waals surface area contributed by atoms with E-state index in [4.69, 9.17) is 16.6 Å². The smallest absolute Gasteiger partial charge is 0.0790 e. The fraction of sp³-hybridized carbons (Fsp3) is 0.250. The van der Waals surface area contributed by atoms with Gasteiger partial charge >= 0.3 is 0 Å². The third-order valence-corrected chi connectivity index (χ3v) is 3.89. The highest BCUT2D eigenvalue weighted by Gasteiger charge is 2.20. The number of benzene rings is 1. The van der Waals surface area contributed by atoms with Crippen LogP contribution < -0.4 is 5.32 Å². The number of rotatable bonds is 4. The van der Waals surface area contributed by atoms with Crippen LogP contribution in [0.2, 0.25) is 5.02 Å². The Morgan fingerprint density at radius 3 is 2.90 bits per heavy atom. The third kappa shape index (κ3) is 2.64. The maximum Gasteiger partial charge on any atom is 0.0790 e. The van der Waals surface area contributed by atoms with Crippen molar-refractivity contribution in [3.05, 3.63) is 53.4 Å². The molecule has 0 saturated heterocycles. The fourth-order valence-corrected chi connectivity index (χ4v) is 2.60. The topological polar surface area (TPSA) is 42.7 Å². The van der Waals surface area contributed by atoms with Crippen molar-refractivity contribution < 1.29 is 0 Å². The minimum absolute atomic E-state index is 0.633. The highest BCUT2D eigenvalue weighted by Crippen LogP contribution is 2.24. The van der Waals surface area contributed by atoms with Crippen LogP contribution in [-0.2, 0) is 6.54 Å². The first-order chi connectivity index (χ1) is 10.3. The molecule has 1 saturated carbocycles. The summed E-state index contributed by atoms with van der Waals surface area (Å²) in [6, 6.07) is 10.9. The van der Waals surface area contributed by atoms with Crippen LogP contribution >= 0.6 is 11.6 Å². The number of nitrogens with one attached hydrogen (secondary N) is 1. The van der Waals surface area contributed by atoms with Gasteiger partial charge < -0.3 is 5.32 Å². The summed E-state index contributed by atoms with van der Waals surface area (Å²) in [6.07, 6.45) is 6.02. The molecule has 0 amide bonds. The second-order valence-electron chi connectivity index (χ2n) is 5.41. The predicted octanol–water partition coefficient (Wildman–Crippen LogP) is 3.33. The number of fused-ring (bicyclic) bond motifs is 1. The molecule has 4 nitrogen and oxygen atoms in total. The van der Waals surface area contributed by atoms with E-state index < -0.39 is 0 Å². The van der Waals surface area contributed by atoms with E-state index in [1.54, 1.807) is 6.20 Å². The lowest BCUT2D eigenvalue weighted by atomic mass is 10.1. The molecule has 0 bridgehead atoms. The molecule has 1 fully saturated rings. The Morgan fingerprint density at radius 2 is 2.14 bits per heavy atom. The van der Waals surface area contributed by atoms with Gasteiger partial charge in [0.15, 0.2) is 0 Å². The van der Waals surface area contributed by atoms with E-state index in [1.165, 1.54) is 12.8 Å². The van der Waals surface area contributed by atoms with E-state index >= 15 is 0 Å². The summed E-state index contributed by atoms with van der Waals surface area (Å²) in [6.45, 7) is 0.789. The zero-order valence-electron chi connectivity index (χ0n) is 11.5. The van der Waals surface area contributed by atoms with Gasteiger partial charge in [-0.05, 0) is 25.0 Å². The Labute approximate surface area is 127 Å². The number of para-hydroxylation sites is 1. The van der Waals surface area contributed by atoms with E-state index in [9.17, 15) is 0 Å². The van der Waals surface area contributed by atoms with Crippen LogP contribution in [-0.4, -0.2) is 20.8 Å². The Bertz CT molecular complexity index is 792. The van der Waals surface area contributed by atoms with E-state index in [2.05, 4.69) is 22.5 Å². The molecule has 21 heavy (non-hydrogen) atoms. The zero-order chi connectivity index (χ0) is 14.2. The normalized spacial score (nSPS) is 14.7. The van der Waals surface area contributed by atoms with Gasteiger partial charge in [-0.2, -0.15) is 5.10 Å². The molecule has 4 rings (SSSR count). The minimum atomic E-state index is 0.633. The van der Waals surface area contributed by atoms with Crippen molar-refractivity contribution >= 4 is 22.5 Å². The number of halogens is 1. The molecular weight excluding hydrogens is 284 g/mol. The van der Waals surface area contributed by atoms with Crippen LogP contribution in [0.3, 0.4) is 0 Å². The van der Waals surface area contributed by atoms with Crippen molar-refractivity contribution in [2.24, 2.45) is 0 Å². The van der Waals surface area contributed by atoms with Gasteiger partial charge in [0, 0.05) is 24.2 Å². The van der Waals surface area contributed by atoms with Crippen LogP contribution in [0.5, 0.6) is 0 Å². The molecule has 0 unspecified atom stereocenters. The van der Waals surface area contributed by atoms with Crippen molar-refractivity contribution in [2.45, 2.75) is 25.4 Å². The molecular formula is C16H15ClN4. The van der Waals surface area contributed by atoms with Gasteiger partial charge in [-0.25, -0.2) is 4.68 Å². The van der Waals surface area contributed by atoms with E-state index in [-0.39, 0.29) is 0 Å². The number of aromatic nitrogens is 3. The summed E-state index contributed by atoms with van der Waals surface area (Å²) in [4.78, 5) is 4.73. The van der Waals surface area contributed by atoms with E-state index in [0.717, 1.165) is 28.8 Å². The zero-order valence-corrected chi connectivity index (χ0v) is 12.2. The summed E-state index contributed by atoms with van der Waals surface area (Å²) in [5.41, 5.74) is 3.02. The first kappa shape index (κ1) is 12.8. The summed E-state index contributed by atoms with van der Waals surface area (Å²) in [5, 5.41) is 9.53. The van der Waals surface area contributed by atoms with Crippen molar-refractivity contribution in [3.63, 3.8) is 0 Å². The molecule has 106 valence electrons. The monoisotopic (exact) mass is 298 g/mol. The molecule has 1 N–H and O–H groups in total. The number of nitrogens with zero attached hydrogens (tertiary/aromatic N) is 3. The van der Waals surface area contributed by atoms with Gasteiger partial charge in [0.1, 0.15) is 0 Å². The van der Waals surface area contributed by atoms with E-state index in [0.29, 0.717) is 11.1 Å². The highest BCUT2D eigenvalue weighted by molar-refractivity contribution is 6.30. The van der Waals surface area contributed by atoms with Crippen LogP contribution in [0, 0.1) is 0 Å². The quantitative estimate of drug-likeness (QED) is 0.803. The van der Waals surface area contributed by atoms with Gasteiger partial charge in [0.2, 0.25) is 0 Å². The molecule has 0 aliphatic heterocycles. The Balaban J connectivity index is 1.81. The molecule has 1 aliphatic carbocycles. The van der Waals surface area contributed by atoms with Gasteiger partial charge in [-0.3, -0.25) is 4.98 Å². The molecule has 1 aliphatic rings. The van der Waals surface area contributed by atoms with Gasteiger partial charge in [0.05, 0.1) is 28.1 Å². The summed E-state index contributed by atoms with van der Waals surface area (Å²) in [5.74, 6) is 0.